The average Bonchev–Trinajstić information content (AvgIpc) is 2.53. The lowest BCUT2D eigenvalue weighted by Gasteiger charge is -1.99. The first kappa shape index (κ1) is 9.85. The summed E-state index contributed by atoms with van der Waals surface area (Å²) in [5.41, 5.74) is 1.56. The highest BCUT2D eigenvalue weighted by Crippen LogP contribution is 2.16. The first-order chi connectivity index (χ1) is 7.15. The minimum Gasteiger partial charge on any atom is -0.459 e. The fraction of sp³-hybridized carbons (Fsp3) is 0.222. The van der Waals surface area contributed by atoms with E-state index < -0.39 is 0 Å². The Morgan fingerprint density at radius 1 is 1.53 bits per heavy atom. The van der Waals surface area contributed by atoms with E-state index in [4.69, 9.17) is 25.8 Å². The average molecular weight is 225 g/mol. The fourth-order valence-electron chi connectivity index (χ4n) is 1.08. The highest BCUT2D eigenvalue weighted by atomic mass is 32.1. The molecule has 6 heteroatoms. The van der Waals surface area contributed by atoms with Crippen LogP contribution in [0.2, 0.25) is 0 Å². The molecular formula is C9H7NO4S. The van der Waals surface area contributed by atoms with E-state index in [1.807, 2.05) is 0 Å². The minimum atomic E-state index is -0.356. The summed E-state index contributed by atoms with van der Waals surface area (Å²) in [5, 5.41) is 0. The Balaban J connectivity index is 2.30. The fourth-order valence-corrected chi connectivity index (χ4v) is 1.26. The number of hydrogen-bond donors (Lipinski definition) is 0. The van der Waals surface area contributed by atoms with Crippen LogP contribution in [0.3, 0.4) is 0 Å². The van der Waals surface area contributed by atoms with Crippen LogP contribution in [0.5, 0.6) is 0 Å². The number of pyridine rings is 1. The number of carbonyl (C=O) groups excluding carboxylic acids is 1. The molecule has 15 heavy (non-hydrogen) atoms. The topological polar surface area (TPSA) is 65.5 Å². The minimum absolute atomic E-state index is 0.0523. The van der Waals surface area contributed by atoms with Crippen LogP contribution >= 0.6 is 12.2 Å². The highest BCUT2D eigenvalue weighted by molar-refractivity contribution is 7.71. The number of nitrogens with zero attached hydrogens (tertiary/aromatic N) is 1. The van der Waals surface area contributed by atoms with E-state index in [1.54, 1.807) is 6.07 Å². The van der Waals surface area contributed by atoms with Crippen LogP contribution in [-0.2, 0) is 16.1 Å². The van der Waals surface area contributed by atoms with Crippen molar-refractivity contribution in [3.8, 4) is 0 Å². The maximum atomic E-state index is 10.6. The van der Waals surface area contributed by atoms with Gasteiger partial charge in [-0.3, -0.25) is 9.78 Å². The van der Waals surface area contributed by atoms with E-state index in [9.17, 15) is 4.79 Å². The maximum Gasteiger partial charge on any atom is 0.363 e. The smallest absolute Gasteiger partial charge is 0.363 e. The molecule has 0 unspecified atom stereocenters. The van der Waals surface area contributed by atoms with Crippen LogP contribution in [0, 0.1) is 4.90 Å². The molecule has 5 nitrogen and oxygen atoms in total. The molecule has 0 aliphatic heterocycles. The summed E-state index contributed by atoms with van der Waals surface area (Å²) in [7, 11) is 0. The molecule has 0 N–H and O–H groups in total. The zero-order valence-electron chi connectivity index (χ0n) is 7.85. The van der Waals surface area contributed by atoms with Gasteiger partial charge in [-0.25, -0.2) is 0 Å². The highest BCUT2D eigenvalue weighted by Gasteiger charge is 2.05. The van der Waals surface area contributed by atoms with Gasteiger partial charge in [0.2, 0.25) is 0 Å². The molecule has 2 aromatic rings. The van der Waals surface area contributed by atoms with Gasteiger partial charge in [-0.15, -0.1) is 0 Å². The Hall–Kier alpha value is -1.69. The molecular weight excluding hydrogens is 218 g/mol. The Morgan fingerprint density at radius 2 is 2.27 bits per heavy atom. The number of hydrogen-bond acceptors (Lipinski definition) is 6. The summed E-state index contributed by atoms with van der Waals surface area (Å²) < 4.78 is 14.9. The number of carbonyl (C=O) groups is 1. The van der Waals surface area contributed by atoms with Crippen LogP contribution in [0.4, 0.5) is 0 Å². The SMILES string of the molecule is CC(=O)OCc1cc2oc(=S)oc2cn1. The summed E-state index contributed by atoms with van der Waals surface area (Å²) in [4.78, 5) is 14.6. The van der Waals surface area contributed by atoms with Gasteiger partial charge in [-0.05, 0) is 0 Å². The van der Waals surface area contributed by atoms with E-state index >= 15 is 0 Å². The van der Waals surface area contributed by atoms with Crippen molar-refractivity contribution >= 4 is 29.4 Å². The number of aromatic nitrogens is 1. The zero-order chi connectivity index (χ0) is 10.8. The zero-order valence-corrected chi connectivity index (χ0v) is 8.67. The van der Waals surface area contributed by atoms with Crippen LogP contribution in [0.15, 0.2) is 21.1 Å². The molecule has 0 spiro atoms. The summed E-state index contributed by atoms with van der Waals surface area (Å²) in [6, 6.07) is 1.62. The van der Waals surface area contributed by atoms with Gasteiger partial charge in [0.25, 0.3) is 0 Å². The van der Waals surface area contributed by atoms with Crippen LogP contribution in [-0.4, -0.2) is 11.0 Å². The van der Waals surface area contributed by atoms with E-state index in [0.717, 1.165) is 0 Å². The second-order valence-corrected chi connectivity index (χ2v) is 3.19. The second-order valence-electron chi connectivity index (χ2n) is 2.86. The number of rotatable bonds is 2. The van der Waals surface area contributed by atoms with Gasteiger partial charge >= 0.3 is 10.9 Å². The van der Waals surface area contributed by atoms with E-state index in [2.05, 4.69) is 4.98 Å². The van der Waals surface area contributed by atoms with Gasteiger partial charge in [0.05, 0.1) is 11.9 Å². The van der Waals surface area contributed by atoms with Crippen LogP contribution in [0.25, 0.3) is 11.2 Å². The van der Waals surface area contributed by atoms with Crippen molar-refractivity contribution in [2.45, 2.75) is 13.5 Å². The molecule has 0 atom stereocenters. The second kappa shape index (κ2) is 3.82. The molecule has 0 aliphatic carbocycles. The largest absolute Gasteiger partial charge is 0.459 e. The molecule has 0 radical (unpaired) electrons. The summed E-state index contributed by atoms with van der Waals surface area (Å²) in [5.74, 6) is -0.356. The third-order valence-corrected chi connectivity index (χ3v) is 1.86. The standard InChI is InChI=1S/C9H7NO4S/c1-5(11)12-4-6-2-7-8(3-10-6)14-9(15)13-7/h2-3H,4H2,1H3. The number of ether oxygens (including phenoxy) is 1. The lowest BCUT2D eigenvalue weighted by Crippen LogP contribution is -2.00. The molecule has 2 rings (SSSR count). The lowest BCUT2D eigenvalue weighted by atomic mass is 10.3. The van der Waals surface area contributed by atoms with Crippen molar-refractivity contribution < 1.29 is 18.4 Å². The van der Waals surface area contributed by atoms with E-state index in [0.29, 0.717) is 16.9 Å². The number of esters is 1. The maximum absolute atomic E-state index is 10.6. The van der Waals surface area contributed by atoms with Crippen molar-refractivity contribution in [2.24, 2.45) is 0 Å². The molecule has 0 fully saturated rings. The van der Waals surface area contributed by atoms with Gasteiger partial charge in [0.1, 0.15) is 6.61 Å². The quantitative estimate of drug-likeness (QED) is 0.576. The molecule has 78 valence electrons. The van der Waals surface area contributed by atoms with Crippen LogP contribution in [0.1, 0.15) is 12.6 Å². The molecule has 0 aromatic carbocycles. The van der Waals surface area contributed by atoms with Crippen molar-refractivity contribution in [3.05, 3.63) is 22.9 Å². The summed E-state index contributed by atoms with van der Waals surface area (Å²) >= 11 is 4.72. The third kappa shape index (κ3) is 2.21. The van der Waals surface area contributed by atoms with Gasteiger partial charge in [-0.1, -0.05) is 0 Å². The molecule has 2 heterocycles. The van der Waals surface area contributed by atoms with E-state index in [1.165, 1.54) is 13.1 Å². The Morgan fingerprint density at radius 3 is 3.00 bits per heavy atom. The van der Waals surface area contributed by atoms with Gasteiger partial charge in [-0.2, -0.15) is 0 Å². The molecule has 0 saturated carbocycles. The summed E-state index contributed by atoms with van der Waals surface area (Å²) in [6.45, 7) is 1.45. The number of fused-ring (bicyclic) bond motifs is 1. The molecule has 2 aromatic heterocycles. The van der Waals surface area contributed by atoms with Crippen molar-refractivity contribution in [1.82, 2.24) is 4.98 Å². The lowest BCUT2D eigenvalue weighted by molar-refractivity contribution is -0.142. The Kier molecular flexibility index (Phi) is 2.51. The van der Waals surface area contributed by atoms with Gasteiger partial charge in [0, 0.05) is 25.2 Å². The van der Waals surface area contributed by atoms with Crippen LogP contribution < -0.4 is 0 Å². The molecule has 0 saturated heterocycles. The van der Waals surface area contributed by atoms with Crippen molar-refractivity contribution in [2.75, 3.05) is 0 Å². The third-order valence-electron chi connectivity index (χ3n) is 1.70. The van der Waals surface area contributed by atoms with Crippen molar-refractivity contribution in [3.63, 3.8) is 0 Å². The molecule has 0 amide bonds. The van der Waals surface area contributed by atoms with E-state index in [-0.39, 0.29) is 17.5 Å². The monoisotopic (exact) mass is 225 g/mol. The first-order valence-corrected chi connectivity index (χ1v) is 4.58. The van der Waals surface area contributed by atoms with Gasteiger partial charge in [0.15, 0.2) is 11.2 Å². The van der Waals surface area contributed by atoms with Crippen molar-refractivity contribution in [1.29, 1.82) is 0 Å². The Bertz CT molecular complexity index is 556. The Labute approximate surface area is 89.7 Å². The predicted octanol–water partition coefficient (Wildman–Crippen LogP) is 2.21. The molecule has 0 bridgehead atoms. The molecule has 0 aliphatic rings. The summed E-state index contributed by atoms with van der Waals surface area (Å²) in [6.07, 6.45) is 1.48. The predicted molar refractivity (Wildman–Crippen MR) is 52.6 cm³/mol. The van der Waals surface area contributed by atoms with Gasteiger partial charge < -0.3 is 13.6 Å². The first-order valence-electron chi connectivity index (χ1n) is 4.17. The normalized spacial score (nSPS) is 10.5.